The number of amides is 1. The summed E-state index contributed by atoms with van der Waals surface area (Å²) in [6, 6.07) is 10.6. The molecule has 0 aliphatic carbocycles. The van der Waals surface area contributed by atoms with Crippen molar-refractivity contribution in [1.29, 1.82) is 0 Å². The van der Waals surface area contributed by atoms with Crippen LogP contribution in [0.15, 0.2) is 47.4 Å². The summed E-state index contributed by atoms with van der Waals surface area (Å²) >= 11 is 0.967. The third-order valence-corrected chi connectivity index (χ3v) is 3.70. The molecule has 0 saturated heterocycles. The molecule has 0 radical (unpaired) electrons. The van der Waals surface area contributed by atoms with Crippen molar-refractivity contribution in [3.8, 4) is 0 Å². The summed E-state index contributed by atoms with van der Waals surface area (Å²) in [5.41, 5.74) is 1.67. The van der Waals surface area contributed by atoms with Crippen molar-refractivity contribution in [3.05, 3.63) is 59.7 Å². The first-order valence-corrected chi connectivity index (χ1v) is 6.98. The molecule has 2 rings (SSSR count). The number of nitrogens with one attached hydrogen (secondary N) is 1. The van der Waals surface area contributed by atoms with Gasteiger partial charge in [0.05, 0.1) is 5.75 Å². The fraction of sp³-hybridized carbons (Fsp3) is 0.133. The van der Waals surface area contributed by atoms with Crippen LogP contribution in [0.3, 0.4) is 0 Å². The van der Waals surface area contributed by atoms with E-state index in [9.17, 15) is 13.6 Å². The average Bonchev–Trinajstić information content (AvgIpc) is 2.42. The molecule has 0 saturated carbocycles. The lowest BCUT2D eigenvalue weighted by molar-refractivity contribution is -0.113. The minimum absolute atomic E-state index is 0.0225. The summed E-state index contributed by atoms with van der Waals surface area (Å²) in [4.78, 5) is 11.9. The largest absolute Gasteiger partial charge is 0.325 e. The normalized spacial score (nSPS) is 10.3. The Balaban J connectivity index is 1.96. The lowest BCUT2D eigenvalue weighted by Gasteiger charge is -2.08. The molecule has 20 heavy (non-hydrogen) atoms. The maximum Gasteiger partial charge on any atom is 0.234 e. The molecule has 104 valence electrons. The van der Waals surface area contributed by atoms with Gasteiger partial charge in [0.15, 0.2) is 0 Å². The van der Waals surface area contributed by atoms with E-state index in [1.165, 1.54) is 0 Å². The third kappa shape index (κ3) is 3.81. The quantitative estimate of drug-likeness (QED) is 0.863. The van der Waals surface area contributed by atoms with Crippen LogP contribution < -0.4 is 5.32 Å². The molecule has 1 N–H and O–H groups in total. The maximum absolute atomic E-state index is 13.4. The van der Waals surface area contributed by atoms with E-state index >= 15 is 0 Å². The van der Waals surface area contributed by atoms with E-state index in [4.69, 9.17) is 0 Å². The number of anilines is 1. The summed E-state index contributed by atoms with van der Waals surface area (Å²) in [6.45, 7) is 1.88. The van der Waals surface area contributed by atoms with Crippen molar-refractivity contribution < 1.29 is 13.6 Å². The van der Waals surface area contributed by atoms with E-state index in [-0.39, 0.29) is 16.6 Å². The topological polar surface area (TPSA) is 29.1 Å². The van der Waals surface area contributed by atoms with Gasteiger partial charge in [-0.05, 0) is 36.8 Å². The van der Waals surface area contributed by atoms with Crippen LogP contribution in [0.25, 0.3) is 0 Å². The molecular weight excluding hydrogens is 280 g/mol. The lowest BCUT2D eigenvalue weighted by Crippen LogP contribution is -2.14. The Hall–Kier alpha value is -1.88. The van der Waals surface area contributed by atoms with E-state index in [2.05, 4.69) is 5.32 Å². The first kappa shape index (κ1) is 14.5. The van der Waals surface area contributed by atoms with Crippen LogP contribution in [0.5, 0.6) is 0 Å². The second-order valence-electron chi connectivity index (χ2n) is 4.23. The van der Waals surface area contributed by atoms with E-state index in [1.54, 1.807) is 6.07 Å². The Morgan fingerprint density at radius 1 is 1.20 bits per heavy atom. The molecule has 5 heteroatoms. The van der Waals surface area contributed by atoms with E-state index in [1.807, 2.05) is 25.1 Å². The monoisotopic (exact) mass is 293 g/mol. The molecule has 2 nitrogen and oxygen atoms in total. The highest BCUT2D eigenvalue weighted by Gasteiger charge is 2.09. The minimum atomic E-state index is -0.528. The Morgan fingerprint density at radius 3 is 2.70 bits per heavy atom. The molecule has 0 fully saturated rings. The second kappa shape index (κ2) is 6.52. The van der Waals surface area contributed by atoms with Crippen LogP contribution >= 0.6 is 11.8 Å². The van der Waals surface area contributed by atoms with Gasteiger partial charge in [0.2, 0.25) is 5.91 Å². The maximum atomic E-state index is 13.4. The smallest absolute Gasteiger partial charge is 0.234 e. The van der Waals surface area contributed by atoms with Crippen molar-refractivity contribution in [2.75, 3.05) is 11.1 Å². The fourth-order valence-electron chi connectivity index (χ4n) is 1.63. The predicted octanol–water partition coefficient (Wildman–Crippen LogP) is 4.00. The van der Waals surface area contributed by atoms with Gasteiger partial charge in [0.1, 0.15) is 11.6 Å². The molecule has 0 bridgehead atoms. The average molecular weight is 293 g/mol. The summed E-state index contributed by atoms with van der Waals surface area (Å²) in [6.07, 6.45) is 0. The highest BCUT2D eigenvalue weighted by molar-refractivity contribution is 8.00. The SMILES string of the molecule is Cc1ccccc1NC(=O)CSc1cc(F)ccc1F. The van der Waals surface area contributed by atoms with E-state index < -0.39 is 11.6 Å². The van der Waals surface area contributed by atoms with Gasteiger partial charge in [-0.2, -0.15) is 0 Å². The Kier molecular flexibility index (Phi) is 4.74. The number of benzene rings is 2. The molecule has 1 amide bonds. The number of aryl methyl sites for hydroxylation is 1. The van der Waals surface area contributed by atoms with Crippen LogP contribution in [0.2, 0.25) is 0 Å². The van der Waals surface area contributed by atoms with Crippen LogP contribution in [0, 0.1) is 18.6 Å². The van der Waals surface area contributed by atoms with Crippen LogP contribution in [-0.4, -0.2) is 11.7 Å². The number of carbonyl (C=O) groups is 1. The first-order valence-electron chi connectivity index (χ1n) is 5.99. The zero-order valence-electron chi connectivity index (χ0n) is 10.8. The lowest BCUT2D eigenvalue weighted by atomic mass is 10.2. The Bertz CT molecular complexity index is 631. The molecule has 0 atom stereocenters. The number of carbonyl (C=O) groups excluding carboxylic acids is 1. The second-order valence-corrected chi connectivity index (χ2v) is 5.24. The number of halogens is 2. The van der Waals surface area contributed by atoms with Crippen molar-refractivity contribution in [2.24, 2.45) is 0 Å². The fourth-order valence-corrected chi connectivity index (χ4v) is 2.39. The van der Waals surface area contributed by atoms with Gasteiger partial charge in [-0.25, -0.2) is 8.78 Å². The van der Waals surface area contributed by atoms with Crippen LogP contribution in [-0.2, 0) is 4.79 Å². The zero-order chi connectivity index (χ0) is 14.5. The van der Waals surface area contributed by atoms with Gasteiger partial charge in [-0.15, -0.1) is 11.8 Å². The number of rotatable bonds is 4. The highest BCUT2D eigenvalue weighted by Crippen LogP contribution is 2.23. The van der Waals surface area contributed by atoms with Gasteiger partial charge in [0.25, 0.3) is 0 Å². The number of hydrogen-bond acceptors (Lipinski definition) is 2. The Morgan fingerprint density at radius 2 is 1.95 bits per heavy atom. The van der Waals surface area contributed by atoms with Gasteiger partial charge in [-0.1, -0.05) is 18.2 Å². The van der Waals surface area contributed by atoms with E-state index in [0.717, 1.165) is 41.2 Å². The minimum Gasteiger partial charge on any atom is -0.325 e. The van der Waals surface area contributed by atoms with Crippen LogP contribution in [0.4, 0.5) is 14.5 Å². The summed E-state index contributed by atoms with van der Waals surface area (Å²) < 4.78 is 26.4. The van der Waals surface area contributed by atoms with Crippen molar-refractivity contribution in [3.63, 3.8) is 0 Å². The highest BCUT2D eigenvalue weighted by atomic mass is 32.2. The summed E-state index contributed by atoms with van der Waals surface area (Å²) in [5.74, 6) is -1.28. The molecule has 0 aromatic heterocycles. The van der Waals surface area contributed by atoms with Gasteiger partial charge < -0.3 is 5.32 Å². The molecular formula is C15H13F2NOS. The standard InChI is InChI=1S/C15H13F2NOS/c1-10-4-2-3-5-13(10)18-15(19)9-20-14-8-11(16)6-7-12(14)17/h2-8H,9H2,1H3,(H,18,19). The molecule has 2 aromatic rings. The molecule has 0 aliphatic heterocycles. The van der Waals surface area contributed by atoms with Gasteiger partial charge >= 0.3 is 0 Å². The predicted molar refractivity (Wildman–Crippen MR) is 76.9 cm³/mol. The molecule has 0 spiro atoms. The Labute approximate surface area is 120 Å². The van der Waals surface area contributed by atoms with Crippen molar-refractivity contribution in [1.82, 2.24) is 0 Å². The van der Waals surface area contributed by atoms with Gasteiger partial charge in [0, 0.05) is 10.6 Å². The number of hydrogen-bond donors (Lipinski definition) is 1. The molecule has 0 aliphatic rings. The number of para-hydroxylation sites is 1. The summed E-state index contributed by atoms with van der Waals surface area (Å²) in [7, 11) is 0. The molecule has 0 heterocycles. The number of thioether (sulfide) groups is 1. The third-order valence-electron chi connectivity index (χ3n) is 2.67. The van der Waals surface area contributed by atoms with Gasteiger partial charge in [-0.3, -0.25) is 4.79 Å². The summed E-state index contributed by atoms with van der Waals surface area (Å²) in [5, 5.41) is 2.74. The van der Waals surface area contributed by atoms with Crippen molar-refractivity contribution >= 4 is 23.4 Å². The zero-order valence-corrected chi connectivity index (χ0v) is 11.6. The van der Waals surface area contributed by atoms with Crippen LogP contribution in [0.1, 0.15) is 5.56 Å². The van der Waals surface area contributed by atoms with E-state index in [0.29, 0.717) is 0 Å². The molecule has 2 aromatic carbocycles. The molecule has 0 unspecified atom stereocenters. The first-order chi connectivity index (χ1) is 9.56. The van der Waals surface area contributed by atoms with Crippen molar-refractivity contribution in [2.45, 2.75) is 11.8 Å².